The van der Waals surface area contributed by atoms with Gasteiger partial charge in [0.2, 0.25) is 0 Å². The molecule has 5 heteroatoms. The Balaban J connectivity index is 2.27. The van der Waals surface area contributed by atoms with E-state index in [1.54, 1.807) is 18.2 Å². The summed E-state index contributed by atoms with van der Waals surface area (Å²) < 4.78 is 5.02. The van der Waals surface area contributed by atoms with Gasteiger partial charge in [-0.3, -0.25) is 10.1 Å². The second kappa shape index (κ2) is 4.61. The summed E-state index contributed by atoms with van der Waals surface area (Å²) in [5, 5.41) is 14.3. The van der Waals surface area contributed by atoms with E-state index in [4.69, 9.17) is 4.74 Å². The minimum Gasteiger partial charge on any atom is -0.490 e. The standard InChI is InChI=1S/C12H16N2O3/c1-8(9-6-7-9)13-10-4-3-5-11(17-2)12(10)14(15)16/h3-5,8-9,13H,6-7H2,1-2H3. The Hall–Kier alpha value is -1.78. The lowest BCUT2D eigenvalue weighted by Crippen LogP contribution is -2.18. The van der Waals surface area contributed by atoms with E-state index < -0.39 is 4.92 Å². The van der Waals surface area contributed by atoms with Crippen molar-refractivity contribution in [1.29, 1.82) is 0 Å². The van der Waals surface area contributed by atoms with Gasteiger partial charge in [-0.1, -0.05) is 6.07 Å². The summed E-state index contributed by atoms with van der Waals surface area (Å²) in [7, 11) is 1.44. The highest BCUT2D eigenvalue weighted by Gasteiger charge is 2.30. The van der Waals surface area contributed by atoms with Crippen LogP contribution in [0.15, 0.2) is 18.2 Å². The van der Waals surface area contributed by atoms with Gasteiger partial charge in [0.05, 0.1) is 12.0 Å². The quantitative estimate of drug-likeness (QED) is 0.630. The van der Waals surface area contributed by atoms with Crippen LogP contribution in [0.5, 0.6) is 5.75 Å². The number of anilines is 1. The zero-order valence-corrected chi connectivity index (χ0v) is 9.97. The van der Waals surface area contributed by atoms with Crippen LogP contribution in [-0.2, 0) is 0 Å². The van der Waals surface area contributed by atoms with Crippen molar-refractivity contribution in [2.24, 2.45) is 5.92 Å². The molecule has 0 spiro atoms. The number of methoxy groups -OCH3 is 1. The van der Waals surface area contributed by atoms with Gasteiger partial charge in [0.15, 0.2) is 5.75 Å². The SMILES string of the molecule is COc1cccc(NC(C)C2CC2)c1[N+](=O)[O-]. The third kappa shape index (κ3) is 2.49. The zero-order chi connectivity index (χ0) is 12.4. The Bertz CT molecular complexity index is 430. The van der Waals surface area contributed by atoms with E-state index in [1.807, 2.05) is 0 Å². The number of nitro groups is 1. The molecule has 0 saturated heterocycles. The van der Waals surface area contributed by atoms with Crippen molar-refractivity contribution < 1.29 is 9.66 Å². The van der Waals surface area contributed by atoms with E-state index in [9.17, 15) is 10.1 Å². The highest BCUT2D eigenvalue weighted by molar-refractivity contribution is 5.68. The molecule has 17 heavy (non-hydrogen) atoms. The molecule has 1 aromatic rings. The Kier molecular flexibility index (Phi) is 3.17. The number of hydrogen-bond donors (Lipinski definition) is 1. The molecule has 1 aromatic carbocycles. The fourth-order valence-electron chi connectivity index (χ4n) is 1.95. The molecule has 2 rings (SSSR count). The predicted molar refractivity (Wildman–Crippen MR) is 65.5 cm³/mol. The highest BCUT2D eigenvalue weighted by Crippen LogP contribution is 2.38. The van der Waals surface area contributed by atoms with Crippen molar-refractivity contribution in [1.82, 2.24) is 0 Å². The molecule has 1 saturated carbocycles. The van der Waals surface area contributed by atoms with Gasteiger partial charge in [0.25, 0.3) is 0 Å². The van der Waals surface area contributed by atoms with Gasteiger partial charge in [-0.15, -0.1) is 0 Å². The largest absolute Gasteiger partial charge is 0.490 e. The summed E-state index contributed by atoms with van der Waals surface area (Å²) in [4.78, 5) is 10.7. The normalized spacial score (nSPS) is 16.4. The van der Waals surface area contributed by atoms with Gasteiger partial charge in [0, 0.05) is 6.04 Å². The molecule has 0 heterocycles. The molecular formula is C12H16N2O3. The average Bonchev–Trinajstić information content (AvgIpc) is 3.11. The smallest absolute Gasteiger partial charge is 0.333 e. The first-order valence-corrected chi connectivity index (χ1v) is 5.71. The number of ether oxygens (including phenoxy) is 1. The van der Waals surface area contributed by atoms with E-state index in [0.29, 0.717) is 17.4 Å². The summed E-state index contributed by atoms with van der Waals surface area (Å²) in [6.45, 7) is 2.06. The number of hydrogen-bond acceptors (Lipinski definition) is 4. The number of rotatable bonds is 5. The fourth-order valence-corrected chi connectivity index (χ4v) is 1.95. The molecule has 1 atom stereocenters. The number of nitrogens with one attached hydrogen (secondary N) is 1. The second-order valence-corrected chi connectivity index (χ2v) is 4.38. The minimum atomic E-state index is -0.402. The Morgan fingerprint density at radius 2 is 2.24 bits per heavy atom. The summed E-state index contributed by atoms with van der Waals surface area (Å²) in [5.74, 6) is 0.934. The van der Waals surface area contributed by atoms with Crippen LogP contribution in [0, 0.1) is 16.0 Å². The maximum absolute atomic E-state index is 11.1. The third-order valence-corrected chi connectivity index (χ3v) is 3.11. The van der Waals surface area contributed by atoms with Crippen LogP contribution >= 0.6 is 0 Å². The minimum absolute atomic E-state index is 0.0162. The van der Waals surface area contributed by atoms with Crippen LogP contribution in [0.3, 0.4) is 0 Å². The van der Waals surface area contributed by atoms with Crippen LogP contribution in [0.25, 0.3) is 0 Å². The molecule has 1 unspecified atom stereocenters. The number of benzene rings is 1. The van der Waals surface area contributed by atoms with E-state index >= 15 is 0 Å². The van der Waals surface area contributed by atoms with Crippen molar-refractivity contribution in [2.75, 3.05) is 12.4 Å². The predicted octanol–water partition coefficient (Wildman–Crippen LogP) is 2.81. The number of nitrogens with zero attached hydrogens (tertiary/aromatic N) is 1. The van der Waals surface area contributed by atoms with Crippen molar-refractivity contribution in [2.45, 2.75) is 25.8 Å². The zero-order valence-electron chi connectivity index (χ0n) is 9.97. The number of para-hydroxylation sites is 1. The summed E-state index contributed by atoms with van der Waals surface area (Å²) in [6, 6.07) is 5.35. The molecule has 0 amide bonds. The maximum Gasteiger partial charge on any atom is 0.333 e. The maximum atomic E-state index is 11.1. The molecule has 0 bridgehead atoms. The first-order valence-electron chi connectivity index (χ1n) is 5.71. The van der Waals surface area contributed by atoms with Gasteiger partial charge in [0.1, 0.15) is 5.69 Å². The van der Waals surface area contributed by atoms with Crippen LogP contribution in [0.1, 0.15) is 19.8 Å². The molecule has 1 N–H and O–H groups in total. The monoisotopic (exact) mass is 236 g/mol. The van der Waals surface area contributed by atoms with E-state index in [1.165, 1.54) is 20.0 Å². The first kappa shape index (κ1) is 11.7. The molecule has 5 nitrogen and oxygen atoms in total. The van der Waals surface area contributed by atoms with Crippen molar-refractivity contribution >= 4 is 11.4 Å². The molecule has 92 valence electrons. The topological polar surface area (TPSA) is 64.4 Å². The van der Waals surface area contributed by atoms with Gasteiger partial charge in [-0.05, 0) is 37.8 Å². The van der Waals surface area contributed by atoms with Crippen LogP contribution in [0.2, 0.25) is 0 Å². The van der Waals surface area contributed by atoms with Gasteiger partial charge >= 0.3 is 5.69 Å². The molecular weight excluding hydrogens is 220 g/mol. The molecule has 0 radical (unpaired) electrons. The fraction of sp³-hybridized carbons (Fsp3) is 0.500. The van der Waals surface area contributed by atoms with Crippen LogP contribution in [0.4, 0.5) is 11.4 Å². The van der Waals surface area contributed by atoms with E-state index in [0.717, 1.165) is 0 Å². The molecule has 1 aliphatic carbocycles. The van der Waals surface area contributed by atoms with E-state index in [-0.39, 0.29) is 11.7 Å². The van der Waals surface area contributed by atoms with Gasteiger partial charge < -0.3 is 10.1 Å². The average molecular weight is 236 g/mol. The lowest BCUT2D eigenvalue weighted by atomic mass is 10.2. The summed E-state index contributed by atoms with van der Waals surface area (Å²) >= 11 is 0. The van der Waals surface area contributed by atoms with E-state index in [2.05, 4.69) is 12.2 Å². The van der Waals surface area contributed by atoms with Crippen LogP contribution in [-0.4, -0.2) is 18.1 Å². The summed E-state index contributed by atoms with van der Waals surface area (Å²) in [5.41, 5.74) is 0.552. The molecule has 1 aliphatic rings. The second-order valence-electron chi connectivity index (χ2n) is 4.38. The van der Waals surface area contributed by atoms with Crippen LogP contribution < -0.4 is 10.1 Å². The highest BCUT2D eigenvalue weighted by atomic mass is 16.6. The van der Waals surface area contributed by atoms with Crippen molar-refractivity contribution in [3.63, 3.8) is 0 Å². The van der Waals surface area contributed by atoms with Crippen molar-refractivity contribution in [3.05, 3.63) is 28.3 Å². The Labute approximate surface area is 99.9 Å². The molecule has 0 aromatic heterocycles. The number of nitro benzene ring substituents is 1. The summed E-state index contributed by atoms with van der Waals surface area (Å²) in [6.07, 6.45) is 2.40. The van der Waals surface area contributed by atoms with Gasteiger partial charge in [-0.2, -0.15) is 0 Å². The first-order chi connectivity index (χ1) is 8.13. The molecule has 0 aliphatic heterocycles. The Morgan fingerprint density at radius 3 is 2.76 bits per heavy atom. The lowest BCUT2D eigenvalue weighted by Gasteiger charge is -2.15. The Morgan fingerprint density at radius 1 is 1.53 bits per heavy atom. The van der Waals surface area contributed by atoms with Gasteiger partial charge in [-0.25, -0.2) is 0 Å². The molecule has 1 fully saturated rings. The lowest BCUT2D eigenvalue weighted by molar-refractivity contribution is -0.384. The van der Waals surface area contributed by atoms with Crippen molar-refractivity contribution in [3.8, 4) is 5.75 Å². The third-order valence-electron chi connectivity index (χ3n) is 3.11.